The van der Waals surface area contributed by atoms with Crippen molar-refractivity contribution in [3.05, 3.63) is 69.8 Å². The van der Waals surface area contributed by atoms with Crippen LogP contribution >= 0.6 is 11.6 Å². The Bertz CT molecular complexity index is 901. The molecular formula is C21H18ClF7O. The second-order valence-electron chi connectivity index (χ2n) is 6.87. The molecule has 2 rings (SSSR count). The molecule has 9 heteroatoms. The van der Waals surface area contributed by atoms with Crippen LogP contribution in [-0.2, 0) is 24.4 Å². The highest BCUT2D eigenvalue weighted by Gasteiger charge is 2.73. The van der Waals surface area contributed by atoms with E-state index in [2.05, 4.69) is 0 Å². The van der Waals surface area contributed by atoms with Gasteiger partial charge in [-0.1, -0.05) is 43.3 Å². The Hall–Kier alpha value is -2.09. The second kappa shape index (κ2) is 8.57. The Morgan fingerprint density at radius 1 is 0.933 bits per heavy atom. The number of ketones is 1. The fraction of sp³-hybridized carbons (Fsp3) is 0.381. The molecule has 0 aromatic heterocycles. The molecule has 0 aliphatic carbocycles. The summed E-state index contributed by atoms with van der Waals surface area (Å²) >= 11 is 5.69. The van der Waals surface area contributed by atoms with E-state index in [4.69, 9.17) is 11.6 Å². The highest BCUT2D eigenvalue weighted by atomic mass is 35.5. The van der Waals surface area contributed by atoms with Gasteiger partial charge in [-0.25, -0.2) is 4.39 Å². The molecular weight excluding hydrogens is 437 g/mol. The van der Waals surface area contributed by atoms with E-state index < -0.39 is 23.6 Å². The molecule has 0 saturated carbocycles. The number of benzene rings is 2. The van der Waals surface area contributed by atoms with Crippen LogP contribution in [-0.4, -0.2) is 18.1 Å². The average molecular weight is 455 g/mol. The highest BCUT2D eigenvalue weighted by Crippen LogP contribution is 2.53. The average Bonchev–Trinajstić information content (AvgIpc) is 2.66. The predicted octanol–water partition coefficient (Wildman–Crippen LogP) is 7.01. The van der Waals surface area contributed by atoms with Crippen molar-refractivity contribution >= 4 is 17.4 Å². The third kappa shape index (κ3) is 4.48. The minimum Gasteiger partial charge on any atom is -0.294 e. The normalized spacial score (nSPS) is 12.9. The standard InChI is InChI=1S/C21H18ClF7O/c1-3-14-9-16(19(23,20(24,25)26)21(27,28)29)8-12(2)17(14)10-18(30)15-6-4-13(11-22)5-7-15/h4-9H,3,10-11H2,1-2H3. The Kier molecular flexibility index (Phi) is 6.91. The minimum absolute atomic E-state index is 0.0221. The van der Waals surface area contributed by atoms with Gasteiger partial charge in [0.2, 0.25) is 0 Å². The first-order chi connectivity index (χ1) is 13.8. The number of aryl methyl sites for hydroxylation is 2. The lowest BCUT2D eigenvalue weighted by Gasteiger charge is -2.31. The van der Waals surface area contributed by atoms with Crippen LogP contribution in [0.2, 0.25) is 0 Å². The summed E-state index contributed by atoms with van der Waals surface area (Å²) in [5.41, 5.74) is -5.65. The fourth-order valence-electron chi connectivity index (χ4n) is 3.19. The molecule has 0 N–H and O–H groups in total. The molecule has 0 aliphatic rings. The van der Waals surface area contributed by atoms with Crippen molar-refractivity contribution in [1.29, 1.82) is 0 Å². The van der Waals surface area contributed by atoms with Crippen molar-refractivity contribution < 1.29 is 35.5 Å². The Morgan fingerprint density at radius 3 is 1.90 bits per heavy atom. The Morgan fingerprint density at radius 2 is 1.47 bits per heavy atom. The highest BCUT2D eigenvalue weighted by molar-refractivity contribution is 6.17. The summed E-state index contributed by atoms with van der Waals surface area (Å²) in [6.07, 6.45) is -12.6. The summed E-state index contributed by atoms with van der Waals surface area (Å²) in [7, 11) is 0. The number of Topliss-reactive ketones (excluding diaryl/α,β-unsaturated/α-hetero) is 1. The number of carbonyl (C=O) groups is 1. The van der Waals surface area contributed by atoms with Crippen molar-refractivity contribution in [2.75, 3.05) is 0 Å². The van der Waals surface area contributed by atoms with E-state index in [-0.39, 0.29) is 41.2 Å². The minimum atomic E-state index is -6.19. The number of halogens is 8. The van der Waals surface area contributed by atoms with Crippen LogP contribution in [0.4, 0.5) is 30.7 Å². The number of carbonyl (C=O) groups excluding carboxylic acids is 1. The zero-order valence-electron chi connectivity index (χ0n) is 16.0. The molecule has 30 heavy (non-hydrogen) atoms. The third-order valence-electron chi connectivity index (χ3n) is 4.89. The van der Waals surface area contributed by atoms with Crippen LogP contribution < -0.4 is 0 Å². The van der Waals surface area contributed by atoms with Gasteiger partial charge in [0.05, 0.1) is 0 Å². The molecule has 1 nitrogen and oxygen atoms in total. The smallest absolute Gasteiger partial charge is 0.294 e. The first kappa shape index (κ1) is 24.2. The topological polar surface area (TPSA) is 17.1 Å². The lowest BCUT2D eigenvalue weighted by Crippen LogP contribution is -2.50. The van der Waals surface area contributed by atoms with Gasteiger partial charge in [-0.15, -0.1) is 11.6 Å². The van der Waals surface area contributed by atoms with Crippen molar-refractivity contribution in [3.8, 4) is 0 Å². The quantitative estimate of drug-likeness (QED) is 0.260. The van der Waals surface area contributed by atoms with Gasteiger partial charge < -0.3 is 0 Å². The van der Waals surface area contributed by atoms with Crippen LogP contribution in [0.1, 0.15) is 45.1 Å². The van der Waals surface area contributed by atoms with Crippen molar-refractivity contribution in [2.24, 2.45) is 0 Å². The Balaban J connectivity index is 2.50. The van der Waals surface area contributed by atoms with Gasteiger partial charge in [0.25, 0.3) is 0 Å². The van der Waals surface area contributed by atoms with E-state index in [1.807, 2.05) is 0 Å². The molecule has 2 aromatic carbocycles. The SMILES string of the molecule is CCc1cc(C(F)(C(F)(F)F)C(F)(F)F)cc(C)c1CC(=O)c1ccc(CCl)cc1. The molecule has 0 unspecified atom stereocenters. The summed E-state index contributed by atoms with van der Waals surface area (Å²) in [4.78, 5) is 12.6. The van der Waals surface area contributed by atoms with E-state index in [9.17, 15) is 35.5 Å². The monoisotopic (exact) mass is 454 g/mol. The number of hydrogen-bond acceptors (Lipinski definition) is 1. The number of hydrogen-bond donors (Lipinski definition) is 0. The maximum absolute atomic E-state index is 14.4. The molecule has 0 spiro atoms. The zero-order chi connectivity index (χ0) is 22.9. The lowest BCUT2D eigenvalue weighted by molar-refractivity contribution is -0.348. The molecule has 0 radical (unpaired) electrons. The zero-order valence-corrected chi connectivity index (χ0v) is 16.8. The van der Waals surface area contributed by atoms with Crippen molar-refractivity contribution in [1.82, 2.24) is 0 Å². The van der Waals surface area contributed by atoms with Gasteiger partial charge in [-0.2, -0.15) is 26.3 Å². The molecule has 164 valence electrons. The predicted molar refractivity (Wildman–Crippen MR) is 99.5 cm³/mol. The van der Waals surface area contributed by atoms with Crippen molar-refractivity contribution in [3.63, 3.8) is 0 Å². The molecule has 0 amide bonds. The van der Waals surface area contributed by atoms with E-state index in [1.165, 1.54) is 26.0 Å². The summed E-state index contributed by atoms with van der Waals surface area (Å²) < 4.78 is 93.0. The molecule has 0 fully saturated rings. The summed E-state index contributed by atoms with van der Waals surface area (Å²) in [6, 6.07) is 7.42. The van der Waals surface area contributed by atoms with Crippen LogP contribution in [0.3, 0.4) is 0 Å². The molecule has 0 bridgehead atoms. The van der Waals surface area contributed by atoms with Crippen LogP contribution in [0.25, 0.3) is 0 Å². The van der Waals surface area contributed by atoms with Crippen LogP contribution in [0, 0.1) is 6.92 Å². The van der Waals surface area contributed by atoms with E-state index in [0.717, 1.165) is 5.56 Å². The van der Waals surface area contributed by atoms with Crippen LogP contribution in [0.5, 0.6) is 0 Å². The second-order valence-corrected chi connectivity index (χ2v) is 7.14. The van der Waals surface area contributed by atoms with E-state index in [0.29, 0.717) is 17.7 Å². The van der Waals surface area contributed by atoms with E-state index >= 15 is 0 Å². The molecule has 2 aromatic rings. The van der Waals surface area contributed by atoms with Crippen molar-refractivity contribution in [2.45, 2.75) is 50.6 Å². The van der Waals surface area contributed by atoms with Crippen LogP contribution in [0.15, 0.2) is 36.4 Å². The van der Waals surface area contributed by atoms with E-state index in [1.54, 1.807) is 12.1 Å². The first-order valence-corrected chi connectivity index (χ1v) is 9.43. The van der Waals surface area contributed by atoms with Gasteiger partial charge in [-0.3, -0.25) is 4.79 Å². The molecule has 0 saturated heterocycles. The summed E-state index contributed by atoms with van der Waals surface area (Å²) in [5.74, 6) is -0.127. The lowest BCUT2D eigenvalue weighted by atomic mass is 9.86. The maximum atomic E-state index is 14.4. The summed E-state index contributed by atoms with van der Waals surface area (Å²) in [5, 5.41) is 0. The van der Waals surface area contributed by atoms with Gasteiger partial charge in [-0.05, 0) is 35.6 Å². The van der Waals surface area contributed by atoms with Gasteiger partial charge >= 0.3 is 18.0 Å². The fourth-order valence-corrected chi connectivity index (χ4v) is 3.37. The molecule has 0 atom stereocenters. The van der Waals surface area contributed by atoms with Gasteiger partial charge in [0.1, 0.15) is 0 Å². The molecule has 0 heterocycles. The Labute approximate surface area is 173 Å². The number of alkyl halides is 8. The number of rotatable bonds is 6. The summed E-state index contributed by atoms with van der Waals surface area (Å²) in [6.45, 7) is 2.76. The van der Waals surface area contributed by atoms with Gasteiger partial charge in [0, 0.05) is 23.4 Å². The molecule has 0 aliphatic heterocycles. The first-order valence-electron chi connectivity index (χ1n) is 8.89. The largest absolute Gasteiger partial charge is 0.435 e. The van der Waals surface area contributed by atoms with Gasteiger partial charge in [0.15, 0.2) is 5.78 Å². The third-order valence-corrected chi connectivity index (χ3v) is 5.20. The maximum Gasteiger partial charge on any atom is 0.435 e.